The molecule has 1 saturated carbocycles. The van der Waals surface area contributed by atoms with E-state index in [0.29, 0.717) is 0 Å². The summed E-state index contributed by atoms with van der Waals surface area (Å²) >= 11 is 6.31. The van der Waals surface area contributed by atoms with Gasteiger partial charge in [0.1, 0.15) is 0 Å². The Hall–Kier alpha value is -0.990. The number of nitrogens with zero attached hydrogens (tertiary/aromatic N) is 2. The van der Waals surface area contributed by atoms with Crippen LogP contribution in [0.4, 0.5) is 0 Å². The molecule has 2 nitrogen and oxygen atoms in total. The molecular formula is C20H27ClN2. The summed E-state index contributed by atoms with van der Waals surface area (Å²) in [5.74, 6) is 0.933. The second-order valence-corrected chi connectivity index (χ2v) is 7.96. The Labute approximate surface area is 144 Å². The van der Waals surface area contributed by atoms with Crippen molar-refractivity contribution in [1.29, 1.82) is 0 Å². The third-order valence-corrected chi connectivity index (χ3v) is 6.13. The molecule has 2 aromatic rings. The highest BCUT2D eigenvalue weighted by Crippen LogP contribution is 2.34. The Balaban J connectivity index is 1.68. The van der Waals surface area contributed by atoms with E-state index in [0.717, 1.165) is 17.5 Å². The molecule has 1 aromatic heterocycles. The molecule has 1 aliphatic heterocycles. The van der Waals surface area contributed by atoms with E-state index in [1.165, 1.54) is 74.5 Å². The minimum atomic E-state index is 0.861. The third-order valence-electron chi connectivity index (χ3n) is 5.89. The van der Waals surface area contributed by atoms with E-state index in [9.17, 15) is 0 Å². The molecule has 124 valence electrons. The maximum absolute atomic E-state index is 6.31. The number of benzene rings is 1. The van der Waals surface area contributed by atoms with Gasteiger partial charge in [0, 0.05) is 42.2 Å². The highest BCUT2D eigenvalue weighted by molar-refractivity contribution is 6.31. The van der Waals surface area contributed by atoms with Gasteiger partial charge in [0.15, 0.2) is 0 Å². The van der Waals surface area contributed by atoms with Gasteiger partial charge >= 0.3 is 0 Å². The summed E-state index contributed by atoms with van der Waals surface area (Å²) in [4.78, 5) is 2.43. The van der Waals surface area contributed by atoms with E-state index in [1.807, 2.05) is 6.07 Å². The van der Waals surface area contributed by atoms with Crippen molar-refractivity contribution < 1.29 is 0 Å². The zero-order valence-corrected chi connectivity index (χ0v) is 14.9. The molecule has 0 amide bonds. The molecular weight excluding hydrogens is 304 g/mol. The van der Waals surface area contributed by atoms with Gasteiger partial charge in [0.05, 0.1) is 5.52 Å². The number of hydrogen-bond donors (Lipinski definition) is 0. The number of halogens is 1. The van der Waals surface area contributed by atoms with Crippen molar-refractivity contribution in [3.8, 4) is 0 Å². The summed E-state index contributed by atoms with van der Waals surface area (Å²) in [5.41, 5.74) is 4.46. The molecule has 23 heavy (non-hydrogen) atoms. The smallest absolute Gasteiger partial charge is 0.0500 e. The molecule has 1 aliphatic carbocycles. The number of aryl methyl sites for hydroxylation is 1. The van der Waals surface area contributed by atoms with Crippen LogP contribution in [0.5, 0.6) is 0 Å². The van der Waals surface area contributed by atoms with Crippen LogP contribution < -0.4 is 0 Å². The lowest BCUT2D eigenvalue weighted by Crippen LogP contribution is -2.27. The SMILES string of the molecule is CN1CCc2c(c3ccc(Cl)cc3n2CCC2CCCCC2)C1. The average molecular weight is 331 g/mol. The monoisotopic (exact) mass is 330 g/mol. The van der Waals surface area contributed by atoms with Crippen molar-refractivity contribution in [3.63, 3.8) is 0 Å². The minimum Gasteiger partial charge on any atom is -0.344 e. The zero-order chi connectivity index (χ0) is 15.8. The number of hydrogen-bond acceptors (Lipinski definition) is 1. The fourth-order valence-corrected chi connectivity index (χ4v) is 4.76. The summed E-state index contributed by atoms with van der Waals surface area (Å²) in [6.07, 6.45) is 9.69. The van der Waals surface area contributed by atoms with Crippen molar-refractivity contribution in [1.82, 2.24) is 9.47 Å². The lowest BCUT2D eigenvalue weighted by molar-refractivity contribution is 0.302. The zero-order valence-electron chi connectivity index (χ0n) is 14.2. The molecule has 0 unspecified atom stereocenters. The Morgan fingerprint density at radius 3 is 2.83 bits per heavy atom. The molecule has 4 rings (SSSR count). The number of likely N-dealkylation sites (N-methyl/N-ethyl adjacent to an activating group) is 1. The van der Waals surface area contributed by atoms with Crippen LogP contribution in [0.25, 0.3) is 10.9 Å². The second kappa shape index (κ2) is 6.49. The Kier molecular flexibility index (Phi) is 4.38. The first-order valence-electron chi connectivity index (χ1n) is 9.20. The van der Waals surface area contributed by atoms with Crippen LogP contribution in [0.2, 0.25) is 5.02 Å². The standard InChI is InChI=1S/C20H27ClN2/c1-22-11-10-19-18(14-22)17-8-7-16(21)13-20(17)23(19)12-9-15-5-3-2-4-6-15/h7-8,13,15H,2-6,9-12,14H2,1H3. The molecule has 0 saturated heterocycles. The van der Waals surface area contributed by atoms with Crippen molar-refractivity contribution in [3.05, 3.63) is 34.5 Å². The normalized spacial score (nSPS) is 20.1. The van der Waals surface area contributed by atoms with Gasteiger partial charge in [-0.15, -0.1) is 0 Å². The molecule has 1 fully saturated rings. The number of rotatable bonds is 3. The topological polar surface area (TPSA) is 8.17 Å². The summed E-state index contributed by atoms with van der Waals surface area (Å²) in [6, 6.07) is 6.45. The van der Waals surface area contributed by atoms with Gasteiger partial charge in [-0.25, -0.2) is 0 Å². The van der Waals surface area contributed by atoms with E-state index < -0.39 is 0 Å². The lowest BCUT2D eigenvalue weighted by atomic mass is 9.87. The predicted molar refractivity (Wildman–Crippen MR) is 98.2 cm³/mol. The van der Waals surface area contributed by atoms with Crippen LogP contribution in [0, 0.1) is 5.92 Å². The van der Waals surface area contributed by atoms with Crippen LogP contribution in [-0.4, -0.2) is 23.1 Å². The highest BCUT2D eigenvalue weighted by Gasteiger charge is 2.23. The predicted octanol–water partition coefficient (Wildman–Crippen LogP) is 5.25. The van der Waals surface area contributed by atoms with Crippen LogP contribution in [-0.2, 0) is 19.5 Å². The molecule has 0 radical (unpaired) electrons. The van der Waals surface area contributed by atoms with E-state index >= 15 is 0 Å². The third kappa shape index (κ3) is 3.04. The van der Waals surface area contributed by atoms with Crippen LogP contribution in [0.1, 0.15) is 49.8 Å². The van der Waals surface area contributed by atoms with Crippen molar-refractivity contribution in [2.24, 2.45) is 5.92 Å². The van der Waals surface area contributed by atoms with Crippen molar-refractivity contribution >= 4 is 22.5 Å². The molecule has 1 aromatic carbocycles. The van der Waals surface area contributed by atoms with Crippen LogP contribution in [0.3, 0.4) is 0 Å². The maximum Gasteiger partial charge on any atom is 0.0500 e. The van der Waals surface area contributed by atoms with E-state index in [1.54, 1.807) is 5.69 Å². The Bertz CT molecular complexity index is 697. The molecule has 2 aliphatic rings. The molecule has 0 atom stereocenters. The Morgan fingerprint density at radius 1 is 1.17 bits per heavy atom. The largest absolute Gasteiger partial charge is 0.344 e. The maximum atomic E-state index is 6.31. The summed E-state index contributed by atoms with van der Waals surface area (Å²) in [7, 11) is 2.23. The van der Waals surface area contributed by atoms with Gasteiger partial charge in [0.25, 0.3) is 0 Å². The second-order valence-electron chi connectivity index (χ2n) is 7.52. The van der Waals surface area contributed by atoms with E-state index in [2.05, 4.69) is 28.6 Å². The van der Waals surface area contributed by atoms with E-state index in [-0.39, 0.29) is 0 Å². The van der Waals surface area contributed by atoms with Gasteiger partial charge in [0.2, 0.25) is 0 Å². The quantitative estimate of drug-likeness (QED) is 0.746. The number of fused-ring (bicyclic) bond motifs is 3. The summed E-state index contributed by atoms with van der Waals surface area (Å²) in [6.45, 7) is 3.41. The van der Waals surface area contributed by atoms with Crippen molar-refractivity contribution in [2.75, 3.05) is 13.6 Å². The van der Waals surface area contributed by atoms with Crippen LogP contribution in [0.15, 0.2) is 18.2 Å². The van der Waals surface area contributed by atoms with Crippen molar-refractivity contribution in [2.45, 2.75) is 58.0 Å². The molecule has 3 heteroatoms. The molecule has 2 heterocycles. The summed E-state index contributed by atoms with van der Waals surface area (Å²) in [5, 5.41) is 2.28. The Morgan fingerprint density at radius 2 is 2.00 bits per heavy atom. The molecule has 0 spiro atoms. The average Bonchev–Trinajstić information content (AvgIpc) is 2.86. The first-order valence-corrected chi connectivity index (χ1v) is 9.58. The molecule has 0 bridgehead atoms. The molecule has 0 N–H and O–H groups in total. The van der Waals surface area contributed by atoms with Crippen LogP contribution >= 0.6 is 11.6 Å². The lowest BCUT2D eigenvalue weighted by Gasteiger charge is -2.25. The van der Waals surface area contributed by atoms with E-state index in [4.69, 9.17) is 11.6 Å². The van der Waals surface area contributed by atoms with Gasteiger partial charge in [-0.1, -0.05) is 49.8 Å². The highest BCUT2D eigenvalue weighted by atomic mass is 35.5. The van der Waals surface area contributed by atoms with Gasteiger partial charge in [-0.05, 0) is 37.1 Å². The fraction of sp³-hybridized carbons (Fsp3) is 0.600. The first kappa shape index (κ1) is 15.5. The minimum absolute atomic E-state index is 0.861. The van der Waals surface area contributed by atoms with Gasteiger partial charge in [-0.3, -0.25) is 0 Å². The number of aromatic nitrogens is 1. The first-order chi connectivity index (χ1) is 11.2. The van der Waals surface area contributed by atoms with Gasteiger partial charge in [-0.2, -0.15) is 0 Å². The van der Waals surface area contributed by atoms with Gasteiger partial charge < -0.3 is 9.47 Å². The summed E-state index contributed by atoms with van der Waals surface area (Å²) < 4.78 is 2.60. The fourth-order valence-electron chi connectivity index (χ4n) is 4.60.